The van der Waals surface area contributed by atoms with E-state index >= 15 is 0 Å². The first-order valence-corrected chi connectivity index (χ1v) is 6.53. The quantitative estimate of drug-likeness (QED) is 0.589. The minimum Gasteiger partial charge on any atom is -0.373 e. The molecule has 18 heavy (non-hydrogen) atoms. The molecule has 1 rings (SSSR count). The highest BCUT2D eigenvalue weighted by Gasteiger charge is 2.07. The summed E-state index contributed by atoms with van der Waals surface area (Å²) in [6, 6.07) is 8.62. The molecule has 0 aliphatic carbocycles. The molecule has 2 nitrogen and oxygen atoms in total. The third-order valence-electron chi connectivity index (χ3n) is 2.60. The molecule has 2 heteroatoms. The summed E-state index contributed by atoms with van der Waals surface area (Å²) in [6.45, 7) is 12.5. The van der Waals surface area contributed by atoms with Gasteiger partial charge in [-0.05, 0) is 44.9 Å². The summed E-state index contributed by atoms with van der Waals surface area (Å²) >= 11 is 0. The lowest BCUT2D eigenvalue weighted by atomic mass is 10.1. The Morgan fingerprint density at radius 2 is 1.78 bits per heavy atom. The molecule has 0 saturated heterocycles. The normalized spacial score (nSPS) is 11.5. The minimum absolute atomic E-state index is 0.193. The molecule has 0 fully saturated rings. The monoisotopic (exact) mass is 247 g/mol. The van der Waals surface area contributed by atoms with Gasteiger partial charge in [-0.15, -0.1) is 6.58 Å². The van der Waals surface area contributed by atoms with Gasteiger partial charge in [0.05, 0.1) is 13.2 Å². The number of ether oxygens (including phenoxy) is 1. The van der Waals surface area contributed by atoms with Gasteiger partial charge in [0.25, 0.3) is 0 Å². The molecule has 1 aromatic rings. The Balaban J connectivity index is 2.33. The van der Waals surface area contributed by atoms with E-state index < -0.39 is 0 Å². The lowest BCUT2D eigenvalue weighted by molar-refractivity contribution is 0.149. The van der Waals surface area contributed by atoms with Crippen molar-refractivity contribution in [3.63, 3.8) is 0 Å². The molecule has 0 heterocycles. The first-order valence-electron chi connectivity index (χ1n) is 6.53. The Kier molecular flexibility index (Phi) is 6.10. The molecule has 0 amide bonds. The minimum atomic E-state index is 0.193. The van der Waals surface area contributed by atoms with E-state index in [0.717, 1.165) is 13.0 Å². The van der Waals surface area contributed by atoms with Crippen LogP contribution >= 0.6 is 0 Å². The molecule has 1 aromatic carbocycles. The fourth-order valence-corrected chi connectivity index (χ4v) is 1.64. The van der Waals surface area contributed by atoms with E-state index in [0.29, 0.717) is 13.2 Å². The van der Waals surface area contributed by atoms with Gasteiger partial charge in [0, 0.05) is 5.54 Å². The van der Waals surface area contributed by atoms with Crippen LogP contribution in [0.15, 0.2) is 36.9 Å². The largest absolute Gasteiger partial charge is 0.373 e. The third-order valence-corrected chi connectivity index (χ3v) is 2.60. The molecule has 0 aliphatic rings. The fourth-order valence-electron chi connectivity index (χ4n) is 1.64. The van der Waals surface area contributed by atoms with Crippen LogP contribution in [0.25, 0.3) is 0 Å². The Labute approximate surface area is 111 Å². The smallest absolute Gasteiger partial charge is 0.0721 e. The van der Waals surface area contributed by atoms with E-state index in [1.165, 1.54) is 11.1 Å². The second-order valence-corrected chi connectivity index (χ2v) is 5.55. The van der Waals surface area contributed by atoms with Crippen LogP contribution < -0.4 is 5.32 Å². The molecule has 1 N–H and O–H groups in total. The molecule has 0 radical (unpaired) electrons. The van der Waals surface area contributed by atoms with Crippen molar-refractivity contribution < 1.29 is 4.74 Å². The van der Waals surface area contributed by atoms with E-state index in [4.69, 9.17) is 4.74 Å². The molecule has 0 bridgehead atoms. The number of hydrogen-bond donors (Lipinski definition) is 1. The zero-order chi connectivity index (χ0) is 13.4. The van der Waals surface area contributed by atoms with Gasteiger partial charge in [-0.25, -0.2) is 0 Å². The summed E-state index contributed by atoms with van der Waals surface area (Å²) in [5.74, 6) is 0. The average Bonchev–Trinajstić information content (AvgIpc) is 2.30. The molecular weight excluding hydrogens is 222 g/mol. The van der Waals surface area contributed by atoms with Gasteiger partial charge in [0.2, 0.25) is 0 Å². The van der Waals surface area contributed by atoms with Gasteiger partial charge in [-0.3, -0.25) is 0 Å². The molecule has 0 unspecified atom stereocenters. The SMILES string of the molecule is C=CCOCc1ccc(CCNC(C)(C)C)cc1. The zero-order valence-electron chi connectivity index (χ0n) is 11.8. The lowest BCUT2D eigenvalue weighted by Gasteiger charge is -2.20. The van der Waals surface area contributed by atoms with Crippen LogP contribution in [0.3, 0.4) is 0 Å². The van der Waals surface area contributed by atoms with Gasteiger partial charge in [-0.2, -0.15) is 0 Å². The van der Waals surface area contributed by atoms with Crippen LogP contribution in [0, 0.1) is 0 Å². The van der Waals surface area contributed by atoms with Gasteiger partial charge < -0.3 is 10.1 Å². The summed E-state index contributed by atoms with van der Waals surface area (Å²) < 4.78 is 5.40. The number of rotatable bonds is 7. The highest BCUT2D eigenvalue weighted by molar-refractivity contribution is 5.22. The van der Waals surface area contributed by atoms with Crippen molar-refractivity contribution in [1.82, 2.24) is 5.32 Å². The summed E-state index contributed by atoms with van der Waals surface area (Å²) in [6.07, 6.45) is 2.83. The van der Waals surface area contributed by atoms with E-state index in [1.807, 2.05) is 0 Å². The van der Waals surface area contributed by atoms with E-state index in [1.54, 1.807) is 6.08 Å². The van der Waals surface area contributed by atoms with E-state index in [9.17, 15) is 0 Å². The molecule has 0 spiro atoms. The van der Waals surface area contributed by atoms with Crippen LogP contribution in [0.2, 0.25) is 0 Å². The highest BCUT2D eigenvalue weighted by Crippen LogP contribution is 2.07. The highest BCUT2D eigenvalue weighted by atomic mass is 16.5. The predicted octanol–water partition coefficient (Wildman–Crippen LogP) is 3.32. The predicted molar refractivity (Wildman–Crippen MR) is 77.8 cm³/mol. The van der Waals surface area contributed by atoms with Crippen molar-refractivity contribution in [1.29, 1.82) is 0 Å². The molecule has 0 atom stereocenters. The Hall–Kier alpha value is -1.12. The maximum absolute atomic E-state index is 5.40. The number of nitrogens with one attached hydrogen (secondary N) is 1. The molecule has 0 aromatic heterocycles. The van der Waals surface area contributed by atoms with Crippen molar-refractivity contribution >= 4 is 0 Å². The van der Waals surface area contributed by atoms with Crippen LogP contribution in [0.1, 0.15) is 31.9 Å². The molecule has 0 aliphatic heterocycles. The molecule has 100 valence electrons. The average molecular weight is 247 g/mol. The van der Waals surface area contributed by atoms with Crippen LogP contribution in [0.5, 0.6) is 0 Å². The van der Waals surface area contributed by atoms with Gasteiger partial charge in [0.15, 0.2) is 0 Å². The topological polar surface area (TPSA) is 21.3 Å². The van der Waals surface area contributed by atoms with Crippen molar-refractivity contribution in [3.05, 3.63) is 48.0 Å². The van der Waals surface area contributed by atoms with Gasteiger partial charge >= 0.3 is 0 Å². The zero-order valence-corrected chi connectivity index (χ0v) is 11.8. The van der Waals surface area contributed by atoms with Crippen LogP contribution in [0.4, 0.5) is 0 Å². The van der Waals surface area contributed by atoms with Crippen LogP contribution in [-0.2, 0) is 17.8 Å². The fraction of sp³-hybridized carbons (Fsp3) is 0.500. The molecule has 0 saturated carbocycles. The Morgan fingerprint density at radius 3 is 2.33 bits per heavy atom. The number of benzene rings is 1. The van der Waals surface area contributed by atoms with Crippen molar-refractivity contribution in [2.24, 2.45) is 0 Å². The third kappa shape index (κ3) is 6.58. The second kappa shape index (κ2) is 7.34. The summed E-state index contributed by atoms with van der Waals surface area (Å²) in [7, 11) is 0. The van der Waals surface area contributed by atoms with Gasteiger partial charge in [-0.1, -0.05) is 30.3 Å². The van der Waals surface area contributed by atoms with Crippen molar-refractivity contribution in [2.45, 2.75) is 39.3 Å². The van der Waals surface area contributed by atoms with Crippen LogP contribution in [-0.4, -0.2) is 18.7 Å². The summed E-state index contributed by atoms with van der Waals surface area (Å²) in [4.78, 5) is 0. The van der Waals surface area contributed by atoms with Crippen molar-refractivity contribution in [2.75, 3.05) is 13.2 Å². The Morgan fingerprint density at radius 1 is 1.17 bits per heavy atom. The van der Waals surface area contributed by atoms with Gasteiger partial charge in [0.1, 0.15) is 0 Å². The summed E-state index contributed by atoms with van der Waals surface area (Å²) in [5, 5.41) is 3.49. The van der Waals surface area contributed by atoms with E-state index in [2.05, 4.69) is 56.9 Å². The number of hydrogen-bond acceptors (Lipinski definition) is 2. The second-order valence-electron chi connectivity index (χ2n) is 5.55. The van der Waals surface area contributed by atoms with Crippen molar-refractivity contribution in [3.8, 4) is 0 Å². The van der Waals surface area contributed by atoms with E-state index in [-0.39, 0.29) is 5.54 Å². The maximum Gasteiger partial charge on any atom is 0.0721 e. The molecular formula is C16H25NO. The standard InChI is InChI=1S/C16H25NO/c1-5-12-18-13-15-8-6-14(7-9-15)10-11-17-16(2,3)4/h5-9,17H,1,10-13H2,2-4H3. The summed E-state index contributed by atoms with van der Waals surface area (Å²) in [5.41, 5.74) is 2.77. The first kappa shape index (κ1) is 14.9. The Bertz CT molecular complexity index is 348. The maximum atomic E-state index is 5.40. The first-order chi connectivity index (χ1) is 8.51. The lowest BCUT2D eigenvalue weighted by Crippen LogP contribution is -2.37.